The van der Waals surface area contributed by atoms with E-state index in [2.05, 4.69) is 15.3 Å². The lowest BCUT2D eigenvalue weighted by Crippen LogP contribution is -2.00. The van der Waals surface area contributed by atoms with Gasteiger partial charge in [0.25, 0.3) is 0 Å². The summed E-state index contributed by atoms with van der Waals surface area (Å²) < 4.78 is 7.11. The number of furan rings is 1. The third-order valence-corrected chi connectivity index (χ3v) is 2.76. The SMILES string of the molecule is N#Cc1ccc(CNc2ccc(-n3ccnc3)nc2)o1. The first-order valence-electron chi connectivity index (χ1n) is 6.02. The number of imidazole rings is 1. The monoisotopic (exact) mass is 265 g/mol. The highest BCUT2D eigenvalue weighted by Gasteiger charge is 2.02. The summed E-state index contributed by atoms with van der Waals surface area (Å²) in [6, 6.07) is 9.20. The van der Waals surface area contributed by atoms with Crippen molar-refractivity contribution in [1.29, 1.82) is 5.26 Å². The van der Waals surface area contributed by atoms with Gasteiger partial charge in [-0.2, -0.15) is 5.26 Å². The van der Waals surface area contributed by atoms with E-state index < -0.39 is 0 Å². The van der Waals surface area contributed by atoms with Crippen molar-refractivity contribution in [3.8, 4) is 11.9 Å². The molecule has 20 heavy (non-hydrogen) atoms. The number of aromatic nitrogens is 3. The van der Waals surface area contributed by atoms with E-state index in [1.807, 2.05) is 29.0 Å². The second kappa shape index (κ2) is 5.28. The van der Waals surface area contributed by atoms with Crippen LogP contribution in [0.2, 0.25) is 0 Å². The average Bonchev–Trinajstić information content (AvgIpc) is 3.17. The fourth-order valence-electron chi connectivity index (χ4n) is 1.76. The summed E-state index contributed by atoms with van der Waals surface area (Å²) >= 11 is 0. The lowest BCUT2D eigenvalue weighted by Gasteiger charge is -2.05. The van der Waals surface area contributed by atoms with Gasteiger partial charge in [-0.15, -0.1) is 0 Å². The van der Waals surface area contributed by atoms with Crippen LogP contribution in [-0.2, 0) is 6.54 Å². The van der Waals surface area contributed by atoms with Gasteiger partial charge in [0.2, 0.25) is 5.76 Å². The first kappa shape index (κ1) is 12.0. The van der Waals surface area contributed by atoms with Gasteiger partial charge in [0.05, 0.1) is 18.4 Å². The van der Waals surface area contributed by atoms with Gasteiger partial charge in [0.1, 0.15) is 24.0 Å². The zero-order valence-corrected chi connectivity index (χ0v) is 10.5. The minimum absolute atomic E-state index is 0.315. The molecule has 0 amide bonds. The molecule has 3 aromatic heterocycles. The standard InChI is InChI=1S/C14H11N5O/c15-7-12-2-3-13(20-12)9-17-11-1-4-14(18-8-11)19-6-5-16-10-19/h1-6,8,10,17H,9H2. The van der Waals surface area contributed by atoms with Crippen LogP contribution >= 0.6 is 0 Å². The molecule has 0 aliphatic rings. The zero-order valence-electron chi connectivity index (χ0n) is 10.5. The molecular weight excluding hydrogens is 254 g/mol. The van der Waals surface area contributed by atoms with E-state index in [-0.39, 0.29) is 0 Å². The Morgan fingerprint density at radius 2 is 2.25 bits per heavy atom. The molecule has 3 heterocycles. The summed E-state index contributed by atoms with van der Waals surface area (Å²) in [6.07, 6.45) is 6.98. The molecule has 6 nitrogen and oxygen atoms in total. The van der Waals surface area contributed by atoms with E-state index in [1.165, 1.54) is 0 Å². The Kier molecular flexibility index (Phi) is 3.17. The Labute approximate surface area is 115 Å². The van der Waals surface area contributed by atoms with E-state index in [1.54, 1.807) is 30.9 Å². The van der Waals surface area contributed by atoms with Gasteiger partial charge in [0.15, 0.2) is 0 Å². The van der Waals surface area contributed by atoms with Gasteiger partial charge >= 0.3 is 0 Å². The van der Waals surface area contributed by atoms with Crippen LogP contribution in [0.5, 0.6) is 0 Å². The van der Waals surface area contributed by atoms with E-state index in [0.717, 1.165) is 11.5 Å². The number of nitrogens with one attached hydrogen (secondary N) is 1. The largest absolute Gasteiger partial charge is 0.449 e. The second-order valence-electron chi connectivity index (χ2n) is 4.11. The van der Waals surface area contributed by atoms with Gasteiger partial charge in [0, 0.05) is 12.4 Å². The fourth-order valence-corrected chi connectivity index (χ4v) is 1.76. The Hall–Kier alpha value is -3.07. The topological polar surface area (TPSA) is 79.7 Å². The summed E-state index contributed by atoms with van der Waals surface area (Å²) in [6.45, 7) is 0.508. The molecular formula is C14H11N5O. The smallest absolute Gasteiger partial charge is 0.203 e. The van der Waals surface area contributed by atoms with Crippen LogP contribution in [-0.4, -0.2) is 14.5 Å². The van der Waals surface area contributed by atoms with Crippen LogP contribution in [0.15, 0.2) is 53.6 Å². The average molecular weight is 265 g/mol. The summed E-state index contributed by atoms with van der Waals surface area (Å²) in [4.78, 5) is 8.31. The summed E-state index contributed by atoms with van der Waals surface area (Å²) in [5.41, 5.74) is 0.878. The van der Waals surface area contributed by atoms with Gasteiger partial charge in [-0.1, -0.05) is 0 Å². The number of nitriles is 1. The van der Waals surface area contributed by atoms with Crippen molar-refractivity contribution in [3.63, 3.8) is 0 Å². The maximum absolute atomic E-state index is 8.68. The third-order valence-electron chi connectivity index (χ3n) is 2.76. The lowest BCUT2D eigenvalue weighted by atomic mass is 10.3. The number of pyridine rings is 1. The Morgan fingerprint density at radius 3 is 2.90 bits per heavy atom. The normalized spacial score (nSPS) is 10.2. The van der Waals surface area contributed by atoms with Crippen LogP contribution in [0.3, 0.4) is 0 Å². The number of hydrogen-bond donors (Lipinski definition) is 1. The summed E-state index contributed by atoms with van der Waals surface area (Å²) in [7, 11) is 0. The molecule has 3 aromatic rings. The van der Waals surface area contributed by atoms with Crippen molar-refractivity contribution in [1.82, 2.24) is 14.5 Å². The molecule has 0 spiro atoms. The number of nitrogens with zero attached hydrogens (tertiary/aromatic N) is 4. The first-order chi connectivity index (χ1) is 9.85. The number of hydrogen-bond acceptors (Lipinski definition) is 5. The van der Waals surface area contributed by atoms with Crippen LogP contribution in [0.1, 0.15) is 11.5 Å². The molecule has 6 heteroatoms. The van der Waals surface area contributed by atoms with Crippen LogP contribution < -0.4 is 5.32 Å². The quantitative estimate of drug-likeness (QED) is 0.783. The van der Waals surface area contributed by atoms with Gasteiger partial charge in [-0.05, 0) is 24.3 Å². The van der Waals surface area contributed by atoms with Crippen LogP contribution in [0.4, 0.5) is 5.69 Å². The Bertz CT molecular complexity index is 722. The molecule has 1 N–H and O–H groups in total. The maximum Gasteiger partial charge on any atom is 0.203 e. The molecule has 3 rings (SSSR count). The van der Waals surface area contributed by atoms with Gasteiger partial charge < -0.3 is 9.73 Å². The second-order valence-corrected chi connectivity index (χ2v) is 4.11. The molecule has 0 aliphatic heterocycles. The minimum Gasteiger partial charge on any atom is -0.449 e. The van der Waals surface area contributed by atoms with E-state index >= 15 is 0 Å². The highest BCUT2D eigenvalue weighted by atomic mass is 16.3. The lowest BCUT2D eigenvalue weighted by molar-refractivity contribution is 0.506. The van der Waals surface area contributed by atoms with Crippen LogP contribution in [0, 0.1) is 11.3 Å². The van der Waals surface area contributed by atoms with Crippen molar-refractivity contribution < 1.29 is 4.42 Å². The van der Waals surface area contributed by atoms with Gasteiger partial charge in [-0.25, -0.2) is 9.97 Å². The van der Waals surface area contributed by atoms with Crippen LogP contribution in [0.25, 0.3) is 5.82 Å². The molecule has 0 aliphatic carbocycles. The number of anilines is 1. The number of rotatable bonds is 4. The van der Waals surface area contributed by atoms with Crippen molar-refractivity contribution in [2.75, 3.05) is 5.32 Å². The molecule has 0 aromatic carbocycles. The molecule has 0 fully saturated rings. The molecule has 0 saturated heterocycles. The maximum atomic E-state index is 8.68. The highest BCUT2D eigenvalue weighted by Crippen LogP contribution is 2.12. The summed E-state index contributed by atoms with van der Waals surface area (Å²) in [5.74, 6) is 1.83. The predicted octanol–water partition coefficient (Wildman–Crippen LogP) is 2.34. The fraction of sp³-hybridized carbons (Fsp3) is 0.0714. The Balaban J connectivity index is 1.65. The minimum atomic E-state index is 0.315. The Morgan fingerprint density at radius 1 is 1.30 bits per heavy atom. The van der Waals surface area contributed by atoms with Crippen molar-refractivity contribution in [2.24, 2.45) is 0 Å². The van der Waals surface area contributed by atoms with E-state index in [0.29, 0.717) is 18.1 Å². The van der Waals surface area contributed by atoms with Gasteiger partial charge in [-0.3, -0.25) is 4.57 Å². The van der Waals surface area contributed by atoms with E-state index in [9.17, 15) is 0 Å². The molecule has 0 unspecified atom stereocenters. The van der Waals surface area contributed by atoms with Crippen molar-refractivity contribution >= 4 is 5.69 Å². The molecule has 0 radical (unpaired) electrons. The molecule has 0 bridgehead atoms. The zero-order chi connectivity index (χ0) is 13.8. The third kappa shape index (κ3) is 2.52. The molecule has 0 saturated carbocycles. The van der Waals surface area contributed by atoms with Crippen molar-refractivity contribution in [2.45, 2.75) is 6.54 Å². The molecule has 0 atom stereocenters. The van der Waals surface area contributed by atoms with E-state index in [4.69, 9.17) is 9.68 Å². The predicted molar refractivity (Wildman–Crippen MR) is 72.1 cm³/mol. The van der Waals surface area contributed by atoms with Crippen molar-refractivity contribution in [3.05, 3.63) is 60.7 Å². The highest BCUT2D eigenvalue weighted by molar-refractivity contribution is 5.43. The summed E-state index contributed by atoms with van der Waals surface area (Å²) in [5, 5.41) is 11.9. The molecule has 98 valence electrons. The first-order valence-corrected chi connectivity index (χ1v) is 6.02.